The van der Waals surface area contributed by atoms with E-state index in [2.05, 4.69) is 39.0 Å². The van der Waals surface area contributed by atoms with Crippen molar-refractivity contribution in [1.29, 1.82) is 0 Å². The molecule has 1 atom stereocenters. The molecule has 0 saturated heterocycles. The first-order chi connectivity index (χ1) is 7.86. The minimum atomic E-state index is -0.468. The second-order valence-corrected chi connectivity index (χ2v) is 5.70. The Kier molecular flexibility index (Phi) is 4.72. The predicted octanol–water partition coefficient (Wildman–Crippen LogP) is 3.10. The van der Waals surface area contributed by atoms with Crippen molar-refractivity contribution < 1.29 is 10.2 Å². The zero-order valence-corrected chi connectivity index (χ0v) is 11.3. The molecule has 0 aliphatic heterocycles. The van der Waals surface area contributed by atoms with Gasteiger partial charge >= 0.3 is 0 Å². The van der Waals surface area contributed by atoms with Gasteiger partial charge in [0.2, 0.25) is 0 Å². The van der Waals surface area contributed by atoms with E-state index in [1.807, 2.05) is 6.92 Å². The summed E-state index contributed by atoms with van der Waals surface area (Å²) in [6.07, 6.45) is 0.787. The lowest BCUT2D eigenvalue weighted by Crippen LogP contribution is -2.12. The molecule has 0 aliphatic carbocycles. The van der Waals surface area contributed by atoms with Crippen molar-refractivity contribution in [2.45, 2.75) is 52.1 Å². The van der Waals surface area contributed by atoms with E-state index in [9.17, 15) is 5.11 Å². The summed E-state index contributed by atoms with van der Waals surface area (Å²) >= 11 is 0. The van der Waals surface area contributed by atoms with Crippen molar-refractivity contribution in [3.8, 4) is 0 Å². The van der Waals surface area contributed by atoms with Crippen LogP contribution in [0.25, 0.3) is 0 Å². The first kappa shape index (κ1) is 14.2. The van der Waals surface area contributed by atoms with Crippen LogP contribution >= 0.6 is 0 Å². The average Bonchev–Trinajstić information content (AvgIpc) is 2.24. The number of aliphatic hydroxyl groups excluding tert-OH is 2. The van der Waals surface area contributed by atoms with E-state index < -0.39 is 6.10 Å². The molecule has 0 bridgehead atoms. The lowest BCUT2D eigenvalue weighted by Gasteiger charge is -2.22. The predicted molar refractivity (Wildman–Crippen MR) is 71.2 cm³/mol. The Balaban J connectivity index is 2.98. The van der Waals surface area contributed by atoms with Crippen molar-refractivity contribution >= 4 is 0 Å². The Morgan fingerprint density at radius 1 is 1.24 bits per heavy atom. The molecule has 96 valence electrons. The molecule has 17 heavy (non-hydrogen) atoms. The van der Waals surface area contributed by atoms with Gasteiger partial charge in [-0.25, -0.2) is 0 Å². The molecule has 0 radical (unpaired) electrons. The van der Waals surface area contributed by atoms with E-state index in [1.165, 1.54) is 5.56 Å². The molecule has 1 aromatic rings. The molecule has 1 rings (SSSR count). The van der Waals surface area contributed by atoms with Gasteiger partial charge in [0.05, 0.1) is 6.10 Å². The van der Waals surface area contributed by atoms with Gasteiger partial charge in [-0.15, -0.1) is 0 Å². The lowest BCUT2D eigenvalue weighted by molar-refractivity contribution is 0.151. The summed E-state index contributed by atoms with van der Waals surface area (Å²) < 4.78 is 0. The van der Waals surface area contributed by atoms with E-state index in [1.54, 1.807) is 0 Å². The van der Waals surface area contributed by atoms with Crippen LogP contribution in [0.4, 0.5) is 0 Å². The maximum absolute atomic E-state index is 10.1. The Morgan fingerprint density at radius 2 is 1.88 bits per heavy atom. The van der Waals surface area contributed by atoms with Crippen LogP contribution < -0.4 is 0 Å². The van der Waals surface area contributed by atoms with Gasteiger partial charge in [-0.3, -0.25) is 0 Å². The molecule has 0 aromatic heterocycles. The highest BCUT2D eigenvalue weighted by atomic mass is 16.3. The SMILES string of the molecule is Cc1ccc(C(C)(C)C)cc1C(O)CCCO. The van der Waals surface area contributed by atoms with Crippen LogP contribution in [-0.2, 0) is 5.41 Å². The van der Waals surface area contributed by atoms with Gasteiger partial charge in [-0.2, -0.15) is 0 Å². The zero-order valence-electron chi connectivity index (χ0n) is 11.3. The first-order valence-electron chi connectivity index (χ1n) is 6.26. The zero-order chi connectivity index (χ0) is 13.1. The topological polar surface area (TPSA) is 40.5 Å². The third-order valence-corrected chi connectivity index (χ3v) is 3.14. The third-order valence-electron chi connectivity index (χ3n) is 3.14. The number of benzene rings is 1. The average molecular weight is 236 g/mol. The van der Waals surface area contributed by atoms with Crippen molar-refractivity contribution in [2.24, 2.45) is 0 Å². The minimum Gasteiger partial charge on any atom is -0.396 e. The minimum absolute atomic E-state index is 0.0964. The van der Waals surface area contributed by atoms with E-state index in [4.69, 9.17) is 5.11 Å². The van der Waals surface area contributed by atoms with Crippen molar-refractivity contribution in [2.75, 3.05) is 6.61 Å². The molecule has 0 spiro atoms. The van der Waals surface area contributed by atoms with Crippen LogP contribution in [0.3, 0.4) is 0 Å². The summed E-state index contributed by atoms with van der Waals surface area (Å²) in [4.78, 5) is 0. The fourth-order valence-corrected chi connectivity index (χ4v) is 1.91. The van der Waals surface area contributed by atoms with Crippen molar-refractivity contribution in [3.63, 3.8) is 0 Å². The van der Waals surface area contributed by atoms with Crippen molar-refractivity contribution in [3.05, 3.63) is 34.9 Å². The summed E-state index contributed by atoms with van der Waals surface area (Å²) in [6, 6.07) is 6.28. The summed E-state index contributed by atoms with van der Waals surface area (Å²) in [5.74, 6) is 0. The highest BCUT2D eigenvalue weighted by molar-refractivity contribution is 5.35. The molecule has 0 fully saturated rings. The highest BCUT2D eigenvalue weighted by Crippen LogP contribution is 2.28. The van der Waals surface area contributed by atoms with Gasteiger partial charge in [0.1, 0.15) is 0 Å². The van der Waals surface area contributed by atoms with Gasteiger partial charge < -0.3 is 10.2 Å². The number of aryl methyl sites for hydroxylation is 1. The first-order valence-corrected chi connectivity index (χ1v) is 6.26. The summed E-state index contributed by atoms with van der Waals surface area (Å²) in [5.41, 5.74) is 3.44. The Labute approximate surface area is 104 Å². The van der Waals surface area contributed by atoms with Gasteiger partial charge in [-0.05, 0) is 41.9 Å². The fraction of sp³-hybridized carbons (Fsp3) is 0.600. The van der Waals surface area contributed by atoms with Gasteiger partial charge in [0.25, 0.3) is 0 Å². The van der Waals surface area contributed by atoms with Crippen LogP contribution in [0.15, 0.2) is 18.2 Å². The second kappa shape index (κ2) is 5.65. The normalized spacial score (nSPS) is 13.8. The van der Waals surface area contributed by atoms with Crippen molar-refractivity contribution in [1.82, 2.24) is 0 Å². The standard InChI is InChI=1S/C15H24O2/c1-11-7-8-12(15(2,3)4)10-13(11)14(17)6-5-9-16/h7-8,10,14,16-17H,5-6,9H2,1-4H3. The largest absolute Gasteiger partial charge is 0.396 e. The summed E-state index contributed by atoms with van der Waals surface area (Å²) in [5, 5.41) is 18.9. The van der Waals surface area contributed by atoms with Gasteiger partial charge in [0, 0.05) is 6.61 Å². The fourth-order valence-electron chi connectivity index (χ4n) is 1.91. The smallest absolute Gasteiger partial charge is 0.0793 e. The number of hydrogen-bond donors (Lipinski definition) is 2. The maximum Gasteiger partial charge on any atom is 0.0793 e. The Bertz CT molecular complexity index is 364. The van der Waals surface area contributed by atoms with Crippen LogP contribution in [-0.4, -0.2) is 16.8 Å². The Hall–Kier alpha value is -0.860. The van der Waals surface area contributed by atoms with E-state index >= 15 is 0 Å². The second-order valence-electron chi connectivity index (χ2n) is 5.70. The summed E-state index contributed by atoms with van der Waals surface area (Å²) in [6.45, 7) is 8.66. The molecular weight excluding hydrogens is 212 g/mol. The van der Waals surface area contributed by atoms with Crippen LogP contribution in [0, 0.1) is 6.92 Å². The molecule has 0 aliphatic rings. The molecule has 1 aromatic carbocycles. The summed E-state index contributed by atoms with van der Waals surface area (Å²) in [7, 11) is 0. The number of hydrogen-bond acceptors (Lipinski definition) is 2. The molecule has 2 heteroatoms. The monoisotopic (exact) mass is 236 g/mol. The molecule has 0 saturated carbocycles. The maximum atomic E-state index is 10.1. The molecule has 1 unspecified atom stereocenters. The number of aliphatic hydroxyl groups is 2. The molecule has 0 heterocycles. The molecule has 0 amide bonds. The van der Waals surface area contributed by atoms with E-state index in [-0.39, 0.29) is 12.0 Å². The highest BCUT2D eigenvalue weighted by Gasteiger charge is 2.17. The van der Waals surface area contributed by atoms with E-state index in [0.29, 0.717) is 12.8 Å². The Morgan fingerprint density at radius 3 is 2.41 bits per heavy atom. The quantitative estimate of drug-likeness (QED) is 0.843. The number of rotatable bonds is 4. The molecule has 2 N–H and O–H groups in total. The molecular formula is C15H24O2. The van der Waals surface area contributed by atoms with Crippen LogP contribution in [0.2, 0.25) is 0 Å². The van der Waals surface area contributed by atoms with Crippen LogP contribution in [0.1, 0.15) is 56.4 Å². The third kappa shape index (κ3) is 3.83. The van der Waals surface area contributed by atoms with Crippen LogP contribution in [0.5, 0.6) is 0 Å². The van der Waals surface area contributed by atoms with Gasteiger partial charge in [0.15, 0.2) is 0 Å². The van der Waals surface area contributed by atoms with E-state index in [0.717, 1.165) is 11.1 Å². The molecule has 2 nitrogen and oxygen atoms in total. The van der Waals surface area contributed by atoms with Gasteiger partial charge in [-0.1, -0.05) is 39.0 Å². The lowest BCUT2D eigenvalue weighted by atomic mass is 9.84.